The van der Waals surface area contributed by atoms with Crippen LogP contribution in [0.3, 0.4) is 0 Å². The van der Waals surface area contributed by atoms with Crippen LogP contribution in [0.25, 0.3) is 10.9 Å². The lowest BCUT2D eigenvalue weighted by atomic mass is 10.1. The number of hydrogen-bond acceptors (Lipinski definition) is 8. The van der Waals surface area contributed by atoms with Crippen LogP contribution in [-0.2, 0) is 16.2 Å². The summed E-state index contributed by atoms with van der Waals surface area (Å²) in [4.78, 5) is 36.0. The van der Waals surface area contributed by atoms with Gasteiger partial charge in [0.15, 0.2) is 6.73 Å². The highest BCUT2D eigenvalue weighted by Gasteiger charge is 2.15. The number of fused-ring (bicyclic) bond motifs is 1. The maximum Gasteiger partial charge on any atom is 0.338 e. The summed E-state index contributed by atoms with van der Waals surface area (Å²) in [5.41, 5.74) is 0.303. The lowest BCUT2D eigenvalue weighted by molar-refractivity contribution is 0.0597. The Morgan fingerprint density at radius 1 is 1.00 bits per heavy atom. The number of carbonyl (C=O) groups excluding carboxylic acids is 2. The van der Waals surface area contributed by atoms with Crippen LogP contribution < -0.4 is 10.3 Å². The Kier molecular flexibility index (Phi) is 5.11. The van der Waals surface area contributed by atoms with Crippen molar-refractivity contribution < 1.29 is 23.8 Å². The number of nitrogens with zero attached hydrogens (tertiary/aromatic N) is 3. The number of esters is 2. The third-order valence-corrected chi connectivity index (χ3v) is 3.73. The lowest BCUT2D eigenvalue weighted by Crippen LogP contribution is -2.26. The first-order valence-corrected chi connectivity index (χ1v) is 7.80. The predicted molar refractivity (Wildman–Crippen MR) is 93.5 cm³/mol. The van der Waals surface area contributed by atoms with E-state index in [1.165, 1.54) is 32.4 Å². The standard InChI is InChI=1S/C18H15N3O6/c1-25-17(23)11-7-12(18(24)26-2)9-13(8-11)27-10-21-16(22)14-5-3-4-6-15(14)19-20-21/h3-9H,10H2,1-2H3. The molecular formula is C18H15N3O6. The molecule has 3 aromatic rings. The van der Waals surface area contributed by atoms with Gasteiger partial charge in [-0.1, -0.05) is 17.3 Å². The van der Waals surface area contributed by atoms with Crippen LogP contribution in [0.4, 0.5) is 0 Å². The van der Waals surface area contributed by atoms with Crippen molar-refractivity contribution in [3.63, 3.8) is 0 Å². The van der Waals surface area contributed by atoms with E-state index in [1.54, 1.807) is 24.3 Å². The van der Waals surface area contributed by atoms with Crippen molar-refractivity contribution in [2.45, 2.75) is 6.73 Å². The molecule has 0 saturated heterocycles. The zero-order valence-electron chi connectivity index (χ0n) is 14.5. The largest absolute Gasteiger partial charge is 0.471 e. The number of aromatic nitrogens is 3. The van der Waals surface area contributed by atoms with Crippen molar-refractivity contribution in [2.24, 2.45) is 0 Å². The molecule has 1 aromatic heterocycles. The summed E-state index contributed by atoms with van der Waals surface area (Å²) in [5.74, 6) is -1.12. The highest BCUT2D eigenvalue weighted by atomic mass is 16.5. The van der Waals surface area contributed by atoms with Crippen molar-refractivity contribution in [2.75, 3.05) is 14.2 Å². The Bertz CT molecular complexity index is 1040. The average molecular weight is 369 g/mol. The van der Waals surface area contributed by atoms with Gasteiger partial charge in [0, 0.05) is 0 Å². The summed E-state index contributed by atoms with van der Waals surface area (Å²) in [7, 11) is 2.44. The molecule has 9 heteroatoms. The first-order valence-electron chi connectivity index (χ1n) is 7.80. The molecule has 1 heterocycles. The molecule has 0 aliphatic heterocycles. The summed E-state index contributed by atoms with van der Waals surface area (Å²) >= 11 is 0. The molecule has 0 saturated carbocycles. The normalized spacial score (nSPS) is 10.4. The second kappa shape index (κ2) is 7.65. The van der Waals surface area contributed by atoms with E-state index in [4.69, 9.17) is 4.74 Å². The maximum atomic E-state index is 12.4. The SMILES string of the molecule is COC(=O)c1cc(OCn2nnc3ccccc3c2=O)cc(C(=O)OC)c1. The molecule has 27 heavy (non-hydrogen) atoms. The number of hydrogen-bond donors (Lipinski definition) is 0. The van der Waals surface area contributed by atoms with Gasteiger partial charge in [0.2, 0.25) is 0 Å². The van der Waals surface area contributed by atoms with Crippen LogP contribution in [-0.4, -0.2) is 41.2 Å². The summed E-state index contributed by atoms with van der Waals surface area (Å²) in [6.07, 6.45) is 0. The van der Waals surface area contributed by atoms with Gasteiger partial charge in [-0.05, 0) is 30.3 Å². The topological polar surface area (TPSA) is 110 Å². The smallest absolute Gasteiger partial charge is 0.338 e. The van der Waals surface area contributed by atoms with E-state index in [2.05, 4.69) is 19.8 Å². The minimum absolute atomic E-state index is 0.104. The molecule has 0 spiro atoms. The summed E-state index contributed by atoms with van der Waals surface area (Å²) in [5, 5.41) is 8.17. The average Bonchev–Trinajstić information content (AvgIpc) is 2.72. The van der Waals surface area contributed by atoms with Crippen LogP contribution in [0, 0.1) is 0 Å². The molecular weight excluding hydrogens is 354 g/mol. The molecule has 0 aliphatic rings. The zero-order valence-corrected chi connectivity index (χ0v) is 14.5. The fourth-order valence-corrected chi connectivity index (χ4v) is 2.40. The maximum absolute atomic E-state index is 12.4. The Morgan fingerprint density at radius 2 is 1.63 bits per heavy atom. The lowest BCUT2D eigenvalue weighted by Gasteiger charge is -2.10. The van der Waals surface area contributed by atoms with Gasteiger partial charge >= 0.3 is 11.9 Å². The van der Waals surface area contributed by atoms with Crippen LogP contribution in [0.5, 0.6) is 5.75 Å². The van der Waals surface area contributed by atoms with Gasteiger partial charge < -0.3 is 14.2 Å². The highest BCUT2D eigenvalue weighted by Crippen LogP contribution is 2.19. The van der Waals surface area contributed by atoms with E-state index < -0.39 is 11.9 Å². The fourth-order valence-electron chi connectivity index (χ4n) is 2.40. The number of ether oxygens (including phenoxy) is 3. The van der Waals surface area contributed by atoms with Gasteiger partial charge in [-0.2, -0.15) is 4.68 Å². The Hall–Kier alpha value is -3.75. The Labute approximate surface area is 153 Å². The number of benzene rings is 2. The minimum atomic E-state index is -0.645. The molecule has 3 rings (SSSR count). The van der Waals surface area contributed by atoms with Crippen molar-refractivity contribution in [1.29, 1.82) is 0 Å². The molecule has 0 bridgehead atoms. The van der Waals surface area contributed by atoms with Gasteiger partial charge in [0.25, 0.3) is 5.56 Å². The van der Waals surface area contributed by atoms with Crippen LogP contribution in [0.2, 0.25) is 0 Å². The van der Waals surface area contributed by atoms with Crippen molar-refractivity contribution in [3.05, 3.63) is 63.9 Å². The van der Waals surface area contributed by atoms with Gasteiger partial charge in [-0.3, -0.25) is 4.79 Å². The van der Waals surface area contributed by atoms with E-state index >= 15 is 0 Å². The van der Waals surface area contributed by atoms with E-state index in [9.17, 15) is 14.4 Å². The van der Waals surface area contributed by atoms with E-state index in [0.29, 0.717) is 10.9 Å². The molecule has 0 fully saturated rings. The van der Waals surface area contributed by atoms with E-state index in [0.717, 1.165) is 4.68 Å². The van der Waals surface area contributed by atoms with Gasteiger partial charge in [-0.25, -0.2) is 9.59 Å². The molecule has 138 valence electrons. The number of methoxy groups -OCH3 is 2. The monoisotopic (exact) mass is 369 g/mol. The summed E-state index contributed by atoms with van der Waals surface area (Å²) in [6.45, 7) is -0.262. The van der Waals surface area contributed by atoms with Gasteiger partial charge in [0.05, 0.1) is 30.7 Å². The first-order chi connectivity index (χ1) is 13.0. The zero-order chi connectivity index (χ0) is 19.4. The Balaban J connectivity index is 1.91. The molecule has 0 amide bonds. The third kappa shape index (κ3) is 3.76. The van der Waals surface area contributed by atoms with Crippen LogP contribution in [0.1, 0.15) is 20.7 Å². The highest BCUT2D eigenvalue weighted by molar-refractivity contribution is 5.96. The third-order valence-electron chi connectivity index (χ3n) is 3.73. The first kappa shape index (κ1) is 18.1. The summed E-state index contributed by atoms with van der Waals surface area (Å²) in [6, 6.07) is 10.9. The van der Waals surface area contributed by atoms with E-state index in [1.807, 2.05) is 0 Å². The molecule has 0 unspecified atom stereocenters. The second-order valence-corrected chi connectivity index (χ2v) is 5.41. The molecule has 9 nitrogen and oxygen atoms in total. The Morgan fingerprint density at radius 3 is 2.26 bits per heavy atom. The summed E-state index contributed by atoms with van der Waals surface area (Å²) < 4.78 is 15.9. The number of carbonyl (C=O) groups is 2. The van der Waals surface area contributed by atoms with Crippen LogP contribution in [0.15, 0.2) is 47.3 Å². The number of rotatable bonds is 5. The van der Waals surface area contributed by atoms with Crippen molar-refractivity contribution >= 4 is 22.8 Å². The fraction of sp³-hybridized carbons (Fsp3) is 0.167. The van der Waals surface area contributed by atoms with Gasteiger partial charge in [0.1, 0.15) is 11.3 Å². The second-order valence-electron chi connectivity index (χ2n) is 5.41. The van der Waals surface area contributed by atoms with E-state index in [-0.39, 0.29) is 29.2 Å². The van der Waals surface area contributed by atoms with Crippen molar-refractivity contribution in [1.82, 2.24) is 15.0 Å². The van der Waals surface area contributed by atoms with Crippen molar-refractivity contribution in [3.8, 4) is 5.75 Å². The predicted octanol–water partition coefficient (Wildman–Crippen LogP) is 1.40. The molecule has 0 N–H and O–H groups in total. The molecule has 0 aliphatic carbocycles. The molecule has 0 radical (unpaired) electrons. The molecule has 2 aromatic carbocycles. The minimum Gasteiger partial charge on any atom is -0.471 e. The van der Waals surface area contributed by atoms with Gasteiger partial charge in [-0.15, -0.1) is 5.10 Å². The molecule has 0 atom stereocenters. The van der Waals surface area contributed by atoms with Crippen LogP contribution >= 0.6 is 0 Å². The quantitative estimate of drug-likeness (QED) is 0.621.